The van der Waals surface area contributed by atoms with Gasteiger partial charge in [0, 0.05) is 33.2 Å². The molecule has 0 fully saturated rings. The summed E-state index contributed by atoms with van der Waals surface area (Å²) in [7, 11) is 0. The molecule has 0 unspecified atom stereocenters. The van der Waals surface area contributed by atoms with E-state index < -0.39 is 0 Å². The lowest BCUT2D eigenvalue weighted by atomic mass is 9.89. The summed E-state index contributed by atoms with van der Waals surface area (Å²) in [5.41, 5.74) is 16.3. The van der Waals surface area contributed by atoms with E-state index >= 15 is 0 Å². The zero-order valence-corrected chi connectivity index (χ0v) is 30.7. The van der Waals surface area contributed by atoms with Crippen LogP contribution in [0, 0.1) is 0 Å². The molecule has 0 saturated heterocycles. The molecular weight excluding hydrogens is 679 g/mol. The van der Waals surface area contributed by atoms with Gasteiger partial charge in [-0.05, 0) is 69.3 Å². The molecule has 10 aromatic rings. The highest BCUT2D eigenvalue weighted by Crippen LogP contribution is 2.51. The van der Waals surface area contributed by atoms with E-state index in [0.717, 1.165) is 77.9 Å². The van der Waals surface area contributed by atoms with Crippen molar-refractivity contribution in [3.8, 4) is 55.6 Å². The average molecular weight is 716 g/mol. The Labute approximate surface area is 327 Å². The Balaban J connectivity index is 1.31. The zero-order chi connectivity index (χ0) is 37.3. The topological polar surface area (TPSA) is 16.4 Å². The lowest BCUT2D eigenvalue weighted by Gasteiger charge is -2.32. The van der Waals surface area contributed by atoms with Gasteiger partial charge in [-0.25, -0.2) is 0 Å². The first-order valence-corrected chi connectivity index (χ1v) is 19.1. The third-order valence-electron chi connectivity index (χ3n) is 10.7. The van der Waals surface area contributed by atoms with Crippen molar-refractivity contribution >= 4 is 39.0 Å². The number of hydrogen-bond donors (Lipinski definition) is 0. The van der Waals surface area contributed by atoms with Crippen LogP contribution in [-0.2, 0) is 0 Å². The molecule has 264 valence electrons. The fourth-order valence-electron chi connectivity index (χ4n) is 8.15. The number of rotatable bonds is 8. The summed E-state index contributed by atoms with van der Waals surface area (Å²) in [5.74, 6) is 0. The van der Waals surface area contributed by atoms with E-state index in [9.17, 15) is 0 Å². The van der Waals surface area contributed by atoms with Gasteiger partial charge in [-0.3, -0.25) is 0 Å². The number of nitrogens with zero attached hydrogens (tertiary/aromatic N) is 1. The van der Waals surface area contributed by atoms with Gasteiger partial charge in [0.15, 0.2) is 0 Å². The van der Waals surface area contributed by atoms with Crippen LogP contribution in [0.15, 0.2) is 229 Å². The quantitative estimate of drug-likeness (QED) is 0.156. The van der Waals surface area contributed by atoms with Crippen LogP contribution in [0.4, 0.5) is 17.1 Å². The molecule has 1 aromatic heterocycles. The minimum Gasteiger partial charge on any atom is -0.455 e. The summed E-state index contributed by atoms with van der Waals surface area (Å²) in [6, 6.07) is 80.1. The van der Waals surface area contributed by atoms with Crippen LogP contribution in [0.1, 0.15) is 0 Å². The van der Waals surface area contributed by atoms with Crippen LogP contribution in [-0.4, -0.2) is 0 Å². The molecule has 0 aliphatic carbocycles. The Morgan fingerprint density at radius 1 is 0.286 bits per heavy atom. The first-order valence-electron chi connectivity index (χ1n) is 19.1. The number of para-hydroxylation sites is 2. The third-order valence-corrected chi connectivity index (χ3v) is 10.7. The molecule has 0 aliphatic rings. The molecule has 0 spiro atoms. The third kappa shape index (κ3) is 5.95. The summed E-state index contributed by atoms with van der Waals surface area (Å²) in [6.45, 7) is 0. The summed E-state index contributed by atoms with van der Waals surface area (Å²) in [5, 5.41) is 2.21. The van der Waals surface area contributed by atoms with Crippen LogP contribution in [0.2, 0.25) is 0 Å². The van der Waals surface area contributed by atoms with Crippen molar-refractivity contribution in [1.29, 1.82) is 0 Å². The fourth-order valence-corrected chi connectivity index (χ4v) is 8.15. The molecule has 2 heteroatoms. The number of hydrogen-bond acceptors (Lipinski definition) is 2. The molecular formula is C54H37NO. The van der Waals surface area contributed by atoms with E-state index in [1.165, 1.54) is 16.7 Å². The van der Waals surface area contributed by atoms with Crippen molar-refractivity contribution < 1.29 is 4.42 Å². The highest BCUT2D eigenvalue weighted by Gasteiger charge is 2.26. The van der Waals surface area contributed by atoms with Crippen molar-refractivity contribution in [2.45, 2.75) is 0 Å². The van der Waals surface area contributed by atoms with Gasteiger partial charge < -0.3 is 9.32 Å². The fraction of sp³-hybridized carbons (Fsp3) is 0. The molecule has 10 rings (SSSR count). The van der Waals surface area contributed by atoms with E-state index in [4.69, 9.17) is 4.42 Å². The highest BCUT2D eigenvalue weighted by molar-refractivity contribution is 6.13. The van der Waals surface area contributed by atoms with Crippen molar-refractivity contribution in [1.82, 2.24) is 0 Å². The van der Waals surface area contributed by atoms with Crippen molar-refractivity contribution in [3.63, 3.8) is 0 Å². The van der Waals surface area contributed by atoms with E-state index in [1.807, 2.05) is 6.07 Å². The molecule has 0 N–H and O–H groups in total. The van der Waals surface area contributed by atoms with Crippen LogP contribution in [0.3, 0.4) is 0 Å². The van der Waals surface area contributed by atoms with Gasteiger partial charge in [0.05, 0.1) is 11.4 Å². The van der Waals surface area contributed by atoms with Gasteiger partial charge in [-0.1, -0.05) is 194 Å². The average Bonchev–Trinajstić information content (AvgIpc) is 3.67. The van der Waals surface area contributed by atoms with Crippen LogP contribution >= 0.6 is 0 Å². The second kappa shape index (κ2) is 14.4. The molecule has 1 heterocycles. The highest BCUT2D eigenvalue weighted by atomic mass is 16.3. The first kappa shape index (κ1) is 33.2. The Bertz CT molecular complexity index is 2930. The van der Waals surface area contributed by atoms with Gasteiger partial charge in [0.2, 0.25) is 0 Å². The standard InChI is InChI=1S/C54H37NO/c1-5-18-38(19-6-1)39-34-36-43(37-35-39)55(49-31-16-27-44(40-20-7-2-8-21-40)52(49)42-24-11-4-12-25-42)50-32-17-28-45(41-22-9-3-10-23-41)53(50)48-30-15-29-47-46-26-13-14-33-51(46)56-54(47)48/h1-37H. The van der Waals surface area contributed by atoms with Crippen LogP contribution in [0.5, 0.6) is 0 Å². The molecule has 0 amide bonds. The minimum atomic E-state index is 0.874. The largest absolute Gasteiger partial charge is 0.455 e. The van der Waals surface area contributed by atoms with Crippen molar-refractivity contribution in [2.75, 3.05) is 4.90 Å². The van der Waals surface area contributed by atoms with Gasteiger partial charge in [0.25, 0.3) is 0 Å². The molecule has 0 bridgehead atoms. The Kier molecular flexibility index (Phi) is 8.55. The van der Waals surface area contributed by atoms with E-state index in [-0.39, 0.29) is 0 Å². The molecule has 56 heavy (non-hydrogen) atoms. The maximum Gasteiger partial charge on any atom is 0.143 e. The second-order valence-electron chi connectivity index (χ2n) is 14.0. The molecule has 0 aliphatic heterocycles. The predicted octanol–water partition coefficient (Wildman–Crippen LogP) is 15.4. The Hall–Kier alpha value is -7.42. The summed E-state index contributed by atoms with van der Waals surface area (Å²) in [6.07, 6.45) is 0. The van der Waals surface area contributed by atoms with Crippen LogP contribution in [0.25, 0.3) is 77.6 Å². The predicted molar refractivity (Wildman–Crippen MR) is 236 cm³/mol. The number of anilines is 3. The summed E-state index contributed by atoms with van der Waals surface area (Å²) < 4.78 is 6.79. The SMILES string of the molecule is c1ccc(-c2ccc(N(c3cccc(-c4ccccc4)c3-c3ccccc3)c3cccc(-c4ccccc4)c3-c3cccc4c3oc3ccccc34)cc2)cc1. The summed E-state index contributed by atoms with van der Waals surface area (Å²) >= 11 is 0. The lowest BCUT2D eigenvalue weighted by Crippen LogP contribution is -2.13. The molecule has 9 aromatic carbocycles. The molecule has 2 nitrogen and oxygen atoms in total. The normalized spacial score (nSPS) is 11.2. The summed E-state index contributed by atoms with van der Waals surface area (Å²) in [4.78, 5) is 2.45. The Morgan fingerprint density at radius 2 is 0.732 bits per heavy atom. The van der Waals surface area contributed by atoms with E-state index in [1.54, 1.807) is 0 Å². The van der Waals surface area contributed by atoms with E-state index in [2.05, 4.69) is 223 Å². The van der Waals surface area contributed by atoms with Crippen molar-refractivity contribution in [3.05, 3.63) is 224 Å². The number of fused-ring (bicyclic) bond motifs is 3. The number of benzene rings is 9. The van der Waals surface area contributed by atoms with Crippen LogP contribution < -0.4 is 4.90 Å². The first-order chi connectivity index (χ1) is 27.8. The lowest BCUT2D eigenvalue weighted by molar-refractivity contribution is 0.670. The molecule has 0 saturated carbocycles. The van der Waals surface area contributed by atoms with E-state index in [0.29, 0.717) is 0 Å². The van der Waals surface area contributed by atoms with Crippen molar-refractivity contribution in [2.24, 2.45) is 0 Å². The van der Waals surface area contributed by atoms with Gasteiger partial charge >= 0.3 is 0 Å². The van der Waals surface area contributed by atoms with Gasteiger partial charge in [0.1, 0.15) is 11.2 Å². The van der Waals surface area contributed by atoms with Gasteiger partial charge in [-0.15, -0.1) is 0 Å². The second-order valence-corrected chi connectivity index (χ2v) is 14.0. The minimum absolute atomic E-state index is 0.874. The molecule has 0 atom stereocenters. The Morgan fingerprint density at radius 3 is 1.36 bits per heavy atom. The zero-order valence-electron chi connectivity index (χ0n) is 30.7. The maximum absolute atomic E-state index is 6.79. The van der Waals surface area contributed by atoms with Gasteiger partial charge in [-0.2, -0.15) is 0 Å². The smallest absolute Gasteiger partial charge is 0.143 e. The monoisotopic (exact) mass is 715 g/mol. The maximum atomic E-state index is 6.79. The molecule has 0 radical (unpaired) electrons. The number of furan rings is 1.